The van der Waals surface area contributed by atoms with Crippen LogP contribution in [0.1, 0.15) is 32.2 Å². The second-order valence-electron chi connectivity index (χ2n) is 6.23. The van der Waals surface area contributed by atoms with Crippen molar-refractivity contribution in [2.24, 2.45) is 21.1 Å². The molecule has 0 saturated carbocycles. The van der Waals surface area contributed by atoms with Crippen LogP contribution < -0.4 is 10.6 Å². The van der Waals surface area contributed by atoms with Crippen molar-refractivity contribution in [3.05, 3.63) is 47.3 Å². The fourth-order valence-corrected chi connectivity index (χ4v) is 2.63. The molecule has 0 fully saturated rings. The van der Waals surface area contributed by atoms with Crippen LogP contribution >= 0.6 is 0 Å². The summed E-state index contributed by atoms with van der Waals surface area (Å²) in [4.78, 5) is 25.0. The number of hydrogen-bond donors (Lipinski definition) is 2. The van der Waals surface area contributed by atoms with Gasteiger partial charge in [0, 0.05) is 45.5 Å². The Hall–Kier alpha value is -3.64. The summed E-state index contributed by atoms with van der Waals surface area (Å²) >= 11 is 0. The lowest BCUT2D eigenvalue weighted by atomic mass is 10.3. The van der Waals surface area contributed by atoms with Crippen LogP contribution in [0.5, 0.6) is 0 Å². The summed E-state index contributed by atoms with van der Waals surface area (Å²) in [6.45, 7) is 0.196. The number of alkyl halides is 3. The predicted molar refractivity (Wildman–Crippen MR) is 93.7 cm³/mol. The minimum Gasteiger partial charge on any atom is -0.346 e. The van der Waals surface area contributed by atoms with E-state index in [1.54, 1.807) is 24.1 Å². The number of carbonyl (C=O) groups excluding carboxylic acids is 2. The molecule has 3 rings (SSSR count). The molecule has 3 heterocycles. The third-order valence-electron chi connectivity index (χ3n) is 4.02. The van der Waals surface area contributed by atoms with Gasteiger partial charge in [-0.05, 0) is 0 Å². The van der Waals surface area contributed by atoms with Crippen LogP contribution in [0.3, 0.4) is 0 Å². The first kappa shape index (κ1) is 20.1. The molecule has 2 N–H and O–H groups in total. The van der Waals surface area contributed by atoms with E-state index in [9.17, 15) is 22.8 Å². The zero-order valence-corrected chi connectivity index (χ0v) is 15.7. The van der Waals surface area contributed by atoms with Gasteiger partial charge in [0.25, 0.3) is 11.8 Å². The van der Waals surface area contributed by atoms with Crippen LogP contribution in [0, 0.1) is 0 Å². The summed E-state index contributed by atoms with van der Waals surface area (Å²) in [5.74, 6) is -1.38. The van der Waals surface area contributed by atoms with Crippen LogP contribution in [-0.4, -0.2) is 41.2 Å². The van der Waals surface area contributed by atoms with E-state index in [1.165, 1.54) is 25.0 Å². The summed E-state index contributed by atoms with van der Waals surface area (Å²) in [6.07, 6.45) is -0.125. The minimum atomic E-state index is -4.68. The Kier molecular flexibility index (Phi) is 5.14. The van der Waals surface area contributed by atoms with Crippen LogP contribution in [0.25, 0.3) is 0 Å². The van der Waals surface area contributed by atoms with E-state index in [1.807, 2.05) is 0 Å². The highest BCUT2D eigenvalue weighted by atomic mass is 19.4. The zero-order valence-electron chi connectivity index (χ0n) is 15.7. The Morgan fingerprint density at radius 1 is 1.07 bits per heavy atom. The fourth-order valence-electron chi connectivity index (χ4n) is 2.63. The maximum atomic E-state index is 12.8. The van der Waals surface area contributed by atoms with Gasteiger partial charge < -0.3 is 10.6 Å². The number of aryl methyl sites for hydroxylation is 3. The van der Waals surface area contributed by atoms with Gasteiger partial charge in [-0.1, -0.05) is 0 Å². The molecule has 2 amide bonds. The third-order valence-corrected chi connectivity index (χ3v) is 4.02. The summed E-state index contributed by atoms with van der Waals surface area (Å²) in [5.41, 5.74) is -0.645. The highest BCUT2D eigenvalue weighted by molar-refractivity contribution is 6.07. The molecule has 10 nitrogen and oxygen atoms in total. The van der Waals surface area contributed by atoms with Crippen molar-refractivity contribution in [3.8, 4) is 0 Å². The molecule has 154 valence electrons. The molecule has 0 radical (unpaired) electrons. The van der Waals surface area contributed by atoms with Crippen LogP contribution in [0.4, 0.5) is 18.9 Å². The number of hydrogen-bond acceptors (Lipinski definition) is 5. The number of halogens is 3. The van der Waals surface area contributed by atoms with Gasteiger partial charge in [-0.15, -0.1) is 0 Å². The van der Waals surface area contributed by atoms with Gasteiger partial charge in [0.05, 0.1) is 18.1 Å². The van der Waals surface area contributed by atoms with E-state index in [0.29, 0.717) is 6.07 Å². The highest BCUT2D eigenvalue weighted by Crippen LogP contribution is 2.28. The largest absolute Gasteiger partial charge is 0.435 e. The average molecular weight is 410 g/mol. The van der Waals surface area contributed by atoms with Crippen LogP contribution in [0.2, 0.25) is 0 Å². The van der Waals surface area contributed by atoms with Gasteiger partial charge in [-0.2, -0.15) is 28.5 Å². The maximum Gasteiger partial charge on any atom is 0.435 e. The second-order valence-corrected chi connectivity index (χ2v) is 6.23. The molecule has 0 aliphatic heterocycles. The first-order valence-electron chi connectivity index (χ1n) is 8.26. The molecule has 0 spiro atoms. The lowest BCUT2D eigenvalue weighted by Crippen LogP contribution is -2.27. The van der Waals surface area contributed by atoms with E-state index >= 15 is 0 Å². The normalized spacial score (nSPS) is 11.5. The molecule has 0 bridgehead atoms. The molecule has 0 aromatic carbocycles. The van der Waals surface area contributed by atoms with E-state index in [4.69, 9.17) is 0 Å². The third kappa shape index (κ3) is 4.28. The Morgan fingerprint density at radius 2 is 1.79 bits per heavy atom. The summed E-state index contributed by atoms with van der Waals surface area (Å²) < 4.78 is 42.0. The molecule has 0 saturated heterocycles. The fraction of sp³-hybridized carbons (Fsp3) is 0.312. The molecule has 0 unspecified atom stereocenters. The second kappa shape index (κ2) is 7.41. The zero-order chi connectivity index (χ0) is 21.3. The van der Waals surface area contributed by atoms with Crippen molar-refractivity contribution < 1.29 is 22.8 Å². The molecular weight excluding hydrogens is 393 g/mol. The molecule has 0 aliphatic rings. The maximum absolute atomic E-state index is 12.8. The number of anilines is 1. The smallest absolute Gasteiger partial charge is 0.346 e. The van der Waals surface area contributed by atoms with Gasteiger partial charge in [-0.3, -0.25) is 23.6 Å². The first-order chi connectivity index (χ1) is 13.6. The van der Waals surface area contributed by atoms with Crippen molar-refractivity contribution in [1.29, 1.82) is 0 Å². The number of rotatable bonds is 5. The van der Waals surface area contributed by atoms with Crippen molar-refractivity contribution in [3.63, 3.8) is 0 Å². The monoisotopic (exact) mass is 410 g/mol. The SMILES string of the molecule is Cn1cc(CNC(=O)c2c(NC(=O)c3cc(C(F)(F)F)nn3C)cnn2C)cn1. The van der Waals surface area contributed by atoms with Gasteiger partial charge in [0.2, 0.25) is 0 Å². The number of carbonyl (C=O) groups is 2. The number of nitrogens with zero attached hydrogens (tertiary/aromatic N) is 6. The van der Waals surface area contributed by atoms with Crippen molar-refractivity contribution in [1.82, 2.24) is 34.7 Å². The Bertz CT molecular complexity index is 1060. The molecule has 29 heavy (non-hydrogen) atoms. The average Bonchev–Trinajstić information content (AvgIpc) is 3.31. The van der Waals surface area contributed by atoms with Crippen LogP contribution in [-0.2, 0) is 33.9 Å². The molecule has 3 aromatic heterocycles. The Morgan fingerprint density at radius 3 is 2.38 bits per heavy atom. The Balaban J connectivity index is 1.76. The van der Waals surface area contributed by atoms with E-state index in [-0.39, 0.29) is 23.6 Å². The molecule has 3 aromatic rings. The lowest BCUT2D eigenvalue weighted by molar-refractivity contribution is -0.141. The quantitative estimate of drug-likeness (QED) is 0.654. The van der Waals surface area contributed by atoms with Gasteiger partial charge in [0.1, 0.15) is 11.4 Å². The summed E-state index contributed by atoms with van der Waals surface area (Å²) in [7, 11) is 4.46. The number of amides is 2. The Labute approximate surface area is 162 Å². The van der Waals surface area contributed by atoms with E-state index in [0.717, 1.165) is 10.2 Å². The molecule has 0 aliphatic carbocycles. The predicted octanol–water partition coefficient (Wildman–Crippen LogP) is 1.09. The number of nitrogens with one attached hydrogen (secondary N) is 2. The molecule has 13 heteroatoms. The highest BCUT2D eigenvalue weighted by Gasteiger charge is 2.35. The van der Waals surface area contributed by atoms with Gasteiger partial charge in [-0.25, -0.2) is 0 Å². The number of aromatic nitrogens is 6. The minimum absolute atomic E-state index is 0.0421. The summed E-state index contributed by atoms with van der Waals surface area (Å²) in [6, 6.07) is 0.633. The van der Waals surface area contributed by atoms with Crippen molar-refractivity contribution in [2.45, 2.75) is 12.7 Å². The summed E-state index contributed by atoms with van der Waals surface area (Å²) in [5, 5.41) is 16.3. The van der Waals surface area contributed by atoms with Crippen molar-refractivity contribution in [2.75, 3.05) is 5.32 Å². The topological polar surface area (TPSA) is 112 Å². The van der Waals surface area contributed by atoms with Crippen LogP contribution in [0.15, 0.2) is 24.7 Å². The van der Waals surface area contributed by atoms with Gasteiger partial charge in [0.15, 0.2) is 5.69 Å². The van der Waals surface area contributed by atoms with E-state index < -0.39 is 23.7 Å². The molecule has 0 atom stereocenters. The van der Waals surface area contributed by atoms with Crippen molar-refractivity contribution >= 4 is 17.5 Å². The standard InChI is InChI=1S/C16H17F3N8O2/c1-25-8-9(6-21-25)5-20-15(29)13-10(7-22-27(13)3)23-14(28)11-4-12(16(17,18)19)24-26(11)2/h4,6-8H,5H2,1-3H3,(H,20,29)(H,23,28). The lowest BCUT2D eigenvalue weighted by Gasteiger charge is -2.08. The first-order valence-corrected chi connectivity index (χ1v) is 8.26. The van der Waals surface area contributed by atoms with E-state index in [2.05, 4.69) is 25.9 Å². The molecular formula is C16H17F3N8O2. The van der Waals surface area contributed by atoms with Gasteiger partial charge >= 0.3 is 6.18 Å².